The average Bonchev–Trinajstić information content (AvgIpc) is 3.02. The van der Waals surface area contributed by atoms with Crippen LogP contribution in [0.5, 0.6) is 11.5 Å². The Kier molecular flexibility index (Phi) is 5.98. The van der Waals surface area contributed by atoms with Crippen molar-refractivity contribution in [2.24, 2.45) is 4.99 Å². The van der Waals surface area contributed by atoms with Gasteiger partial charge >= 0.3 is 0 Å². The van der Waals surface area contributed by atoms with Crippen molar-refractivity contribution in [3.8, 4) is 29.9 Å². The molecule has 0 amide bonds. The molecule has 0 saturated carbocycles. The molecule has 0 unspecified atom stereocenters. The first-order valence-electron chi connectivity index (χ1n) is 8.20. The Labute approximate surface area is 165 Å². The number of hydrogen-bond donors (Lipinski definition) is 0. The molecular formula is C20H17BrN2O2S. The third-order valence-corrected chi connectivity index (χ3v) is 5.81. The number of nitriles is 1. The molecule has 4 nitrogen and oxygen atoms in total. The molecule has 1 aliphatic rings. The predicted molar refractivity (Wildman–Crippen MR) is 108 cm³/mol. The van der Waals surface area contributed by atoms with E-state index < -0.39 is 0 Å². The highest BCUT2D eigenvalue weighted by Crippen LogP contribution is 2.40. The van der Waals surface area contributed by atoms with E-state index in [1.807, 2.05) is 12.1 Å². The third-order valence-electron chi connectivity index (χ3n) is 4.15. The molecule has 0 saturated heterocycles. The van der Waals surface area contributed by atoms with Gasteiger partial charge < -0.3 is 9.47 Å². The van der Waals surface area contributed by atoms with Crippen LogP contribution in [0.4, 0.5) is 5.00 Å². The number of terminal acetylenes is 1. The van der Waals surface area contributed by atoms with E-state index in [1.54, 1.807) is 24.7 Å². The fourth-order valence-corrected chi connectivity index (χ4v) is 4.63. The van der Waals surface area contributed by atoms with Crippen molar-refractivity contribution in [3.63, 3.8) is 0 Å². The van der Waals surface area contributed by atoms with Gasteiger partial charge in [0.1, 0.15) is 17.7 Å². The molecule has 3 rings (SSSR count). The minimum atomic E-state index is 0.135. The van der Waals surface area contributed by atoms with Gasteiger partial charge in [-0.3, -0.25) is 0 Å². The fraction of sp³-hybridized carbons (Fsp3) is 0.300. The number of halogens is 1. The second-order valence-corrected chi connectivity index (χ2v) is 7.78. The molecule has 132 valence electrons. The zero-order valence-electron chi connectivity index (χ0n) is 14.3. The van der Waals surface area contributed by atoms with E-state index >= 15 is 0 Å². The molecule has 0 bridgehead atoms. The van der Waals surface area contributed by atoms with Crippen molar-refractivity contribution >= 4 is 38.5 Å². The maximum atomic E-state index is 9.57. The molecule has 1 aliphatic carbocycles. The van der Waals surface area contributed by atoms with Crippen molar-refractivity contribution in [2.45, 2.75) is 25.7 Å². The van der Waals surface area contributed by atoms with Gasteiger partial charge in [-0.2, -0.15) is 5.26 Å². The number of hydrogen-bond acceptors (Lipinski definition) is 5. The van der Waals surface area contributed by atoms with E-state index in [0.29, 0.717) is 17.1 Å². The summed E-state index contributed by atoms with van der Waals surface area (Å²) in [5.41, 5.74) is 2.61. The largest absolute Gasteiger partial charge is 0.493 e. The van der Waals surface area contributed by atoms with Crippen LogP contribution in [0.25, 0.3) is 0 Å². The molecule has 2 aromatic rings. The lowest BCUT2D eigenvalue weighted by atomic mass is 9.96. The molecule has 26 heavy (non-hydrogen) atoms. The summed E-state index contributed by atoms with van der Waals surface area (Å²) in [4.78, 5) is 5.89. The first kappa shape index (κ1) is 18.5. The number of rotatable bonds is 5. The van der Waals surface area contributed by atoms with Crippen molar-refractivity contribution < 1.29 is 9.47 Å². The van der Waals surface area contributed by atoms with E-state index in [-0.39, 0.29) is 6.61 Å². The van der Waals surface area contributed by atoms with Crippen LogP contribution in [0, 0.1) is 23.7 Å². The fourth-order valence-electron chi connectivity index (χ4n) is 2.99. The number of fused-ring (bicyclic) bond motifs is 1. The zero-order valence-corrected chi connectivity index (χ0v) is 16.7. The van der Waals surface area contributed by atoms with E-state index in [1.165, 1.54) is 16.9 Å². The summed E-state index contributed by atoms with van der Waals surface area (Å²) >= 11 is 5.08. The van der Waals surface area contributed by atoms with Crippen molar-refractivity contribution in [1.29, 1.82) is 5.26 Å². The normalized spacial score (nSPS) is 13.1. The molecule has 0 atom stereocenters. The molecule has 1 heterocycles. The number of benzene rings is 1. The first-order chi connectivity index (χ1) is 12.7. The molecule has 6 heteroatoms. The van der Waals surface area contributed by atoms with Crippen LogP contribution in [0.15, 0.2) is 21.6 Å². The summed E-state index contributed by atoms with van der Waals surface area (Å²) in [6, 6.07) is 6.03. The molecule has 1 aromatic heterocycles. The lowest BCUT2D eigenvalue weighted by Crippen LogP contribution is -2.00. The van der Waals surface area contributed by atoms with E-state index in [0.717, 1.165) is 34.3 Å². The van der Waals surface area contributed by atoms with Crippen LogP contribution in [-0.2, 0) is 12.8 Å². The lowest BCUT2D eigenvalue weighted by molar-refractivity contribution is 0.330. The standard InChI is InChI=1S/C20H17BrN2O2S/c1-3-8-25-19-13(9-14(21)10-17(19)24-2)12-23-20-16(11-22)15-6-4-5-7-18(15)26-20/h1,9-10,12H,4-8H2,2H3. The molecule has 0 N–H and O–H groups in total. The Bertz CT molecular complexity index is 935. The number of nitrogens with zero attached hydrogens (tertiary/aromatic N) is 2. The maximum Gasteiger partial charge on any atom is 0.171 e. The quantitative estimate of drug-likeness (QED) is 0.495. The number of ether oxygens (including phenoxy) is 2. The summed E-state index contributed by atoms with van der Waals surface area (Å²) in [5, 5.41) is 10.3. The van der Waals surface area contributed by atoms with Gasteiger partial charge in [0.05, 0.1) is 12.7 Å². The summed E-state index contributed by atoms with van der Waals surface area (Å²) in [6.07, 6.45) is 11.3. The summed E-state index contributed by atoms with van der Waals surface area (Å²) in [6.45, 7) is 0.135. The molecule has 0 fully saturated rings. The van der Waals surface area contributed by atoms with E-state index in [4.69, 9.17) is 15.9 Å². The lowest BCUT2D eigenvalue weighted by Gasteiger charge is -2.12. The Morgan fingerprint density at radius 1 is 1.38 bits per heavy atom. The van der Waals surface area contributed by atoms with Gasteiger partial charge in [0.15, 0.2) is 11.5 Å². The minimum Gasteiger partial charge on any atom is -0.493 e. The van der Waals surface area contributed by atoms with E-state index in [9.17, 15) is 5.26 Å². The number of aryl methyl sites for hydroxylation is 1. The second kappa shape index (κ2) is 8.40. The van der Waals surface area contributed by atoms with Crippen LogP contribution in [0.2, 0.25) is 0 Å². The molecule has 0 radical (unpaired) electrons. The molecular weight excluding hydrogens is 412 g/mol. The van der Waals surface area contributed by atoms with Gasteiger partial charge in [0, 0.05) is 21.1 Å². The van der Waals surface area contributed by atoms with Gasteiger partial charge in [-0.15, -0.1) is 17.8 Å². The Morgan fingerprint density at radius 2 is 2.19 bits per heavy atom. The molecule has 0 spiro atoms. The average molecular weight is 429 g/mol. The molecule has 1 aromatic carbocycles. The van der Waals surface area contributed by atoms with E-state index in [2.05, 4.69) is 32.9 Å². The van der Waals surface area contributed by atoms with Crippen LogP contribution in [0.1, 0.15) is 34.4 Å². The van der Waals surface area contributed by atoms with Crippen molar-refractivity contribution in [1.82, 2.24) is 0 Å². The summed E-state index contributed by atoms with van der Waals surface area (Å²) in [7, 11) is 1.58. The number of thiophene rings is 1. The van der Waals surface area contributed by atoms with Crippen LogP contribution < -0.4 is 9.47 Å². The van der Waals surface area contributed by atoms with Crippen LogP contribution in [0.3, 0.4) is 0 Å². The van der Waals surface area contributed by atoms with Gasteiger partial charge in [-0.25, -0.2) is 4.99 Å². The smallest absolute Gasteiger partial charge is 0.171 e. The topological polar surface area (TPSA) is 54.6 Å². The highest BCUT2D eigenvalue weighted by molar-refractivity contribution is 9.10. The third kappa shape index (κ3) is 3.77. The first-order valence-corrected chi connectivity index (χ1v) is 9.81. The maximum absolute atomic E-state index is 9.57. The van der Waals surface area contributed by atoms with Gasteiger partial charge in [0.2, 0.25) is 0 Å². The highest BCUT2D eigenvalue weighted by Gasteiger charge is 2.20. The summed E-state index contributed by atoms with van der Waals surface area (Å²) in [5.74, 6) is 3.57. The van der Waals surface area contributed by atoms with Crippen LogP contribution >= 0.6 is 27.3 Å². The monoisotopic (exact) mass is 428 g/mol. The highest BCUT2D eigenvalue weighted by atomic mass is 79.9. The molecule has 0 aliphatic heterocycles. The minimum absolute atomic E-state index is 0.135. The van der Waals surface area contributed by atoms with Gasteiger partial charge in [-0.05, 0) is 43.4 Å². The van der Waals surface area contributed by atoms with Crippen molar-refractivity contribution in [2.75, 3.05) is 13.7 Å². The van der Waals surface area contributed by atoms with Crippen LogP contribution in [-0.4, -0.2) is 19.9 Å². The predicted octanol–water partition coefficient (Wildman–Crippen LogP) is 5.03. The van der Waals surface area contributed by atoms with Gasteiger partial charge in [0.25, 0.3) is 0 Å². The Morgan fingerprint density at radius 3 is 2.92 bits per heavy atom. The SMILES string of the molecule is C#CCOc1c(C=Nc2sc3c(c2C#N)CCCC3)cc(Br)cc1OC. The Balaban J connectivity index is 2.01. The van der Waals surface area contributed by atoms with Crippen molar-refractivity contribution in [3.05, 3.63) is 38.2 Å². The van der Waals surface area contributed by atoms with Gasteiger partial charge in [-0.1, -0.05) is 21.9 Å². The second-order valence-electron chi connectivity index (χ2n) is 5.78. The Hall–Kier alpha value is -2.28. The zero-order chi connectivity index (χ0) is 18.5. The number of methoxy groups -OCH3 is 1. The summed E-state index contributed by atoms with van der Waals surface area (Å²) < 4.78 is 11.9. The number of aliphatic imine (C=N–C) groups is 1.